The molecule has 2 rings (SSSR count). The molecule has 0 aromatic heterocycles. The first-order chi connectivity index (χ1) is 9.16. The Morgan fingerprint density at radius 2 is 2.05 bits per heavy atom. The van der Waals surface area contributed by atoms with Gasteiger partial charge >= 0.3 is 0 Å². The van der Waals surface area contributed by atoms with Gasteiger partial charge in [0.2, 0.25) is 0 Å². The molecule has 106 valence electrons. The number of likely N-dealkylation sites (tertiary alicyclic amines) is 1. The van der Waals surface area contributed by atoms with Crippen LogP contribution in [-0.4, -0.2) is 31.1 Å². The van der Waals surface area contributed by atoms with Gasteiger partial charge in [0.15, 0.2) is 0 Å². The third-order valence-corrected chi connectivity index (χ3v) is 3.73. The fraction of sp³-hybridized carbons (Fsp3) is 0.625. The van der Waals surface area contributed by atoms with Gasteiger partial charge in [0.05, 0.1) is 6.61 Å². The molecular weight excluding hydrogens is 236 g/mol. The summed E-state index contributed by atoms with van der Waals surface area (Å²) >= 11 is 0. The largest absolute Gasteiger partial charge is 0.493 e. The predicted molar refractivity (Wildman–Crippen MR) is 79.6 cm³/mol. The van der Waals surface area contributed by atoms with E-state index in [1.807, 2.05) is 13.0 Å². The second kappa shape index (κ2) is 6.92. The monoisotopic (exact) mass is 262 g/mol. The van der Waals surface area contributed by atoms with Gasteiger partial charge in [-0.15, -0.1) is 0 Å². The topological polar surface area (TPSA) is 38.5 Å². The lowest BCUT2D eigenvalue weighted by molar-refractivity contribution is 0.261. The van der Waals surface area contributed by atoms with Gasteiger partial charge in [0, 0.05) is 18.2 Å². The van der Waals surface area contributed by atoms with Crippen LogP contribution in [0.5, 0.6) is 5.75 Å². The molecule has 1 saturated heterocycles. The molecular formula is C16H26N2O. The Balaban J connectivity index is 1.81. The molecule has 0 bridgehead atoms. The highest BCUT2D eigenvalue weighted by Gasteiger charge is 2.11. The third-order valence-electron chi connectivity index (χ3n) is 3.73. The first kappa shape index (κ1) is 14.4. The molecule has 1 heterocycles. The Hall–Kier alpha value is -1.06. The molecule has 1 atom stereocenters. The lowest BCUT2D eigenvalue weighted by Gasteiger charge is -2.17. The summed E-state index contributed by atoms with van der Waals surface area (Å²) < 4.78 is 5.91. The highest BCUT2D eigenvalue weighted by Crippen LogP contribution is 2.25. The van der Waals surface area contributed by atoms with Crippen LogP contribution in [0.25, 0.3) is 0 Å². The Morgan fingerprint density at radius 1 is 1.32 bits per heavy atom. The molecule has 1 aliphatic heterocycles. The Kier molecular flexibility index (Phi) is 5.23. The van der Waals surface area contributed by atoms with Crippen LogP contribution >= 0.6 is 0 Å². The first-order valence-corrected chi connectivity index (χ1v) is 7.38. The third kappa shape index (κ3) is 4.22. The van der Waals surface area contributed by atoms with Gasteiger partial charge in [-0.25, -0.2) is 0 Å². The number of benzene rings is 1. The molecule has 0 unspecified atom stereocenters. The van der Waals surface area contributed by atoms with E-state index in [9.17, 15) is 0 Å². The van der Waals surface area contributed by atoms with Gasteiger partial charge in [0.25, 0.3) is 0 Å². The van der Waals surface area contributed by atoms with Crippen molar-refractivity contribution < 1.29 is 4.74 Å². The number of ether oxygens (including phenoxy) is 1. The number of nitrogens with zero attached hydrogens (tertiary/aromatic N) is 1. The van der Waals surface area contributed by atoms with Gasteiger partial charge in [-0.2, -0.15) is 0 Å². The summed E-state index contributed by atoms with van der Waals surface area (Å²) in [7, 11) is 0. The molecule has 1 aromatic rings. The van der Waals surface area contributed by atoms with E-state index in [4.69, 9.17) is 10.5 Å². The maximum atomic E-state index is 6.00. The van der Waals surface area contributed by atoms with Crippen LogP contribution in [0.2, 0.25) is 0 Å². The normalized spacial score (nSPS) is 17.6. The fourth-order valence-electron chi connectivity index (χ4n) is 2.63. The van der Waals surface area contributed by atoms with Crippen LogP contribution in [-0.2, 0) is 0 Å². The average molecular weight is 262 g/mol. The van der Waals surface area contributed by atoms with E-state index in [1.54, 1.807) is 0 Å². The summed E-state index contributed by atoms with van der Waals surface area (Å²) in [6.07, 6.45) is 3.80. The van der Waals surface area contributed by atoms with Crippen molar-refractivity contribution in [2.75, 3.05) is 26.2 Å². The van der Waals surface area contributed by atoms with Crippen molar-refractivity contribution in [3.05, 3.63) is 29.3 Å². The summed E-state index contributed by atoms with van der Waals surface area (Å²) in [6.45, 7) is 8.54. The molecule has 0 spiro atoms. The van der Waals surface area contributed by atoms with E-state index in [-0.39, 0.29) is 6.04 Å². The van der Waals surface area contributed by atoms with E-state index in [1.165, 1.54) is 31.5 Å². The smallest absolute Gasteiger partial charge is 0.124 e. The zero-order valence-electron chi connectivity index (χ0n) is 12.2. The van der Waals surface area contributed by atoms with E-state index in [0.29, 0.717) is 0 Å². The highest BCUT2D eigenvalue weighted by atomic mass is 16.5. The number of hydrogen-bond acceptors (Lipinski definition) is 3. The van der Waals surface area contributed by atoms with Crippen molar-refractivity contribution in [2.45, 2.75) is 39.2 Å². The lowest BCUT2D eigenvalue weighted by atomic mass is 10.1. The van der Waals surface area contributed by atoms with E-state index < -0.39 is 0 Å². The van der Waals surface area contributed by atoms with Crippen LogP contribution in [0.15, 0.2) is 18.2 Å². The van der Waals surface area contributed by atoms with Crippen LogP contribution in [0.3, 0.4) is 0 Å². The van der Waals surface area contributed by atoms with Crippen molar-refractivity contribution in [1.29, 1.82) is 0 Å². The van der Waals surface area contributed by atoms with Crippen molar-refractivity contribution in [1.82, 2.24) is 4.90 Å². The minimum absolute atomic E-state index is 0.0217. The van der Waals surface area contributed by atoms with Gasteiger partial charge < -0.3 is 15.4 Å². The van der Waals surface area contributed by atoms with Crippen LogP contribution in [0.1, 0.15) is 43.4 Å². The van der Waals surface area contributed by atoms with Crippen molar-refractivity contribution in [3.63, 3.8) is 0 Å². The van der Waals surface area contributed by atoms with Crippen LogP contribution in [0, 0.1) is 6.92 Å². The first-order valence-electron chi connectivity index (χ1n) is 7.38. The summed E-state index contributed by atoms with van der Waals surface area (Å²) in [6, 6.07) is 6.28. The molecule has 19 heavy (non-hydrogen) atoms. The standard InChI is InChI=1S/C16H26N2O/c1-13-6-7-16(15(12-13)14(2)17)19-11-5-10-18-8-3-4-9-18/h6-7,12,14H,3-5,8-11,17H2,1-2H3/t14-/m1/s1. The maximum Gasteiger partial charge on any atom is 0.124 e. The molecule has 0 amide bonds. The number of hydrogen-bond donors (Lipinski definition) is 1. The number of aryl methyl sites for hydroxylation is 1. The second-order valence-corrected chi connectivity index (χ2v) is 5.58. The van der Waals surface area contributed by atoms with Crippen molar-refractivity contribution in [2.24, 2.45) is 5.73 Å². The molecule has 1 aromatic carbocycles. The molecule has 1 fully saturated rings. The Morgan fingerprint density at radius 3 is 2.74 bits per heavy atom. The number of nitrogens with two attached hydrogens (primary N) is 1. The van der Waals surface area contributed by atoms with Gasteiger partial charge in [-0.1, -0.05) is 17.7 Å². The molecule has 1 aliphatic rings. The molecule has 0 saturated carbocycles. The van der Waals surface area contributed by atoms with Crippen LogP contribution in [0.4, 0.5) is 0 Å². The number of rotatable bonds is 6. The maximum absolute atomic E-state index is 6.00. The predicted octanol–water partition coefficient (Wildman–Crippen LogP) is 2.88. The zero-order chi connectivity index (χ0) is 13.7. The Labute approximate surface area is 116 Å². The Bertz CT molecular complexity index is 398. The zero-order valence-corrected chi connectivity index (χ0v) is 12.2. The molecule has 2 N–H and O–H groups in total. The lowest BCUT2D eigenvalue weighted by Crippen LogP contribution is -2.22. The minimum atomic E-state index is 0.0217. The average Bonchev–Trinajstić information content (AvgIpc) is 2.89. The summed E-state index contributed by atoms with van der Waals surface area (Å²) in [5, 5.41) is 0. The molecule has 3 heteroatoms. The fourth-order valence-corrected chi connectivity index (χ4v) is 2.63. The van der Waals surface area contributed by atoms with Gasteiger partial charge in [-0.3, -0.25) is 0 Å². The van der Waals surface area contributed by atoms with Gasteiger partial charge in [-0.05, 0) is 52.3 Å². The van der Waals surface area contributed by atoms with Gasteiger partial charge in [0.1, 0.15) is 5.75 Å². The summed E-state index contributed by atoms with van der Waals surface area (Å²) in [5.41, 5.74) is 8.34. The van der Waals surface area contributed by atoms with E-state index in [0.717, 1.165) is 30.9 Å². The minimum Gasteiger partial charge on any atom is -0.493 e. The molecule has 0 radical (unpaired) electrons. The summed E-state index contributed by atoms with van der Waals surface area (Å²) in [5.74, 6) is 0.946. The summed E-state index contributed by atoms with van der Waals surface area (Å²) in [4.78, 5) is 2.52. The molecule has 0 aliphatic carbocycles. The molecule has 3 nitrogen and oxygen atoms in total. The van der Waals surface area contributed by atoms with E-state index >= 15 is 0 Å². The SMILES string of the molecule is Cc1ccc(OCCCN2CCCC2)c([C@@H](C)N)c1. The quantitative estimate of drug-likeness (QED) is 0.801. The second-order valence-electron chi connectivity index (χ2n) is 5.58. The van der Waals surface area contributed by atoms with Crippen molar-refractivity contribution in [3.8, 4) is 5.75 Å². The van der Waals surface area contributed by atoms with E-state index in [2.05, 4.69) is 24.0 Å². The van der Waals surface area contributed by atoms with Crippen molar-refractivity contribution >= 4 is 0 Å². The highest BCUT2D eigenvalue weighted by molar-refractivity contribution is 5.38. The van der Waals surface area contributed by atoms with Crippen LogP contribution < -0.4 is 10.5 Å².